The van der Waals surface area contributed by atoms with Crippen LogP contribution in [0.1, 0.15) is 23.2 Å². The van der Waals surface area contributed by atoms with Crippen molar-refractivity contribution < 1.29 is 9.53 Å². The van der Waals surface area contributed by atoms with E-state index in [0.29, 0.717) is 6.61 Å². The first-order chi connectivity index (χ1) is 8.86. The summed E-state index contributed by atoms with van der Waals surface area (Å²) in [5.74, 6) is 0.260. The fourth-order valence-electron chi connectivity index (χ4n) is 2.61. The van der Waals surface area contributed by atoms with Gasteiger partial charge in [0.15, 0.2) is 5.78 Å². The molecule has 92 valence electrons. The molecule has 0 radical (unpaired) electrons. The molecule has 0 amide bonds. The average Bonchev–Trinajstić information content (AvgIpc) is 2.47. The van der Waals surface area contributed by atoms with Crippen molar-refractivity contribution in [3.8, 4) is 0 Å². The summed E-state index contributed by atoms with van der Waals surface area (Å²) >= 11 is 0. The smallest absolute Gasteiger partial charge is 0.168 e. The fourth-order valence-corrected chi connectivity index (χ4v) is 2.61. The molecule has 2 aromatic rings. The van der Waals surface area contributed by atoms with Crippen LogP contribution in [0, 0.1) is 5.92 Å². The molecule has 1 heterocycles. The van der Waals surface area contributed by atoms with Crippen molar-refractivity contribution in [1.82, 2.24) is 0 Å². The summed E-state index contributed by atoms with van der Waals surface area (Å²) in [5, 5.41) is 2.18. The minimum atomic E-state index is 0.0320. The van der Waals surface area contributed by atoms with Gasteiger partial charge < -0.3 is 4.74 Å². The van der Waals surface area contributed by atoms with Crippen LogP contribution in [0.15, 0.2) is 42.5 Å². The molecule has 3 rings (SSSR count). The van der Waals surface area contributed by atoms with E-state index in [1.54, 1.807) is 0 Å². The first-order valence-electron chi connectivity index (χ1n) is 6.46. The Labute approximate surface area is 107 Å². The molecule has 1 saturated heterocycles. The van der Waals surface area contributed by atoms with Crippen LogP contribution < -0.4 is 0 Å². The van der Waals surface area contributed by atoms with Gasteiger partial charge in [-0.05, 0) is 23.6 Å². The standard InChI is InChI=1S/C16H16O2/c17-16(13-7-4-10-18-11-13)15-9-3-6-12-5-1-2-8-14(12)15/h1-3,5-6,8-9,13H,4,7,10-11H2. The molecule has 18 heavy (non-hydrogen) atoms. The lowest BCUT2D eigenvalue weighted by molar-refractivity contribution is 0.0462. The number of hydrogen-bond donors (Lipinski definition) is 0. The minimum Gasteiger partial charge on any atom is -0.381 e. The lowest BCUT2D eigenvalue weighted by Gasteiger charge is -2.21. The molecular formula is C16H16O2. The molecule has 0 saturated carbocycles. The van der Waals surface area contributed by atoms with Crippen molar-refractivity contribution in [1.29, 1.82) is 0 Å². The van der Waals surface area contributed by atoms with Gasteiger partial charge in [-0.1, -0.05) is 42.5 Å². The Balaban J connectivity index is 2.00. The summed E-state index contributed by atoms with van der Waals surface area (Å²) in [7, 11) is 0. The molecular weight excluding hydrogens is 224 g/mol. The number of benzene rings is 2. The summed E-state index contributed by atoms with van der Waals surface area (Å²) in [6, 6.07) is 14.0. The number of ether oxygens (including phenoxy) is 1. The van der Waals surface area contributed by atoms with Gasteiger partial charge in [0.1, 0.15) is 0 Å². The molecule has 0 aliphatic carbocycles. The highest BCUT2D eigenvalue weighted by molar-refractivity contribution is 6.09. The molecule has 1 aliphatic heterocycles. The van der Waals surface area contributed by atoms with Gasteiger partial charge in [-0.2, -0.15) is 0 Å². The second-order valence-corrected chi connectivity index (χ2v) is 4.81. The summed E-state index contributed by atoms with van der Waals surface area (Å²) in [4.78, 5) is 12.5. The second kappa shape index (κ2) is 4.91. The van der Waals surface area contributed by atoms with Crippen molar-refractivity contribution in [3.05, 3.63) is 48.0 Å². The summed E-state index contributed by atoms with van der Waals surface area (Å²) in [5.41, 5.74) is 0.837. The molecule has 0 spiro atoms. The highest BCUT2D eigenvalue weighted by Crippen LogP contribution is 2.24. The van der Waals surface area contributed by atoms with E-state index in [2.05, 4.69) is 0 Å². The first-order valence-corrected chi connectivity index (χ1v) is 6.46. The van der Waals surface area contributed by atoms with Crippen molar-refractivity contribution in [2.24, 2.45) is 5.92 Å². The molecule has 1 atom stereocenters. The highest BCUT2D eigenvalue weighted by atomic mass is 16.5. The van der Waals surface area contributed by atoms with Crippen LogP contribution in [-0.2, 0) is 4.74 Å². The Morgan fingerprint density at radius 1 is 1.11 bits per heavy atom. The van der Waals surface area contributed by atoms with E-state index < -0.39 is 0 Å². The maximum atomic E-state index is 12.5. The first kappa shape index (κ1) is 11.4. The monoisotopic (exact) mass is 240 g/mol. The number of carbonyl (C=O) groups excluding carboxylic acids is 1. The van der Waals surface area contributed by atoms with Crippen molar-refractivity contribution >= 4 is 16.6 Å². The molecule has 1 aliphatic rings. The van der Waals surface area contributed by atoms with E-state index in [9.17, 15) is 4.79 Å². The van der Waals surface area contributed by atoms with Crippen LogP contribution in [0.25, 0.3) is 10.8 Å². The van der Waals surface area contributed by atoms with Crippen molar-refractivity contribution in [3.63, 3.8) is 0 Å². The minimum absolute atomic E-state index is 0.0320. The topological polar surface area (TPSA) is 26.3 Å². The molecule has 1 unspecified atom stereocenters. The van der Waals surface area contributed by atoms with Gasteiger partial charge in [0, 0.05) is 18.1 Å². The predicted octanol–water partition coefficient (Wildman–Crippen LogP) is 3.45. The van der Waals surface area contributed by atoms with Crippen LogP contribution in [0.4, 0.5) is 0 Å². The lowest BCUT2D eigenvalue weighted by atomic mass is 9.90. The van der Waals surface area contributed by atoms with E-state index in [1.807, 2.05) is 42.5 Å². The SMILES string of the molecule is O=C(c1cccc2ccccc12)C1CCCOC1. The molecule has 0 aromatic heterocycles. The van der Waals surface area contributed by atoms with Crippen LogP contribution in [0.3, 0.4) is 0 Å². The third-order valence-electron chi connectivity index (χ3n) is 3.59. The number of carbonyl (C=O) groups is 1. The van der Waals surface area contributed by atoms with Gasteiger partial charge in [0.25, 0.3) is 0 Å². The summed E-state index contributed by atoms with van der Waals surface area (Å²) < 4.78 is 5.42. The summed E-state index contributed by atoms with van der Waals surface area (Å²) in [6.07, 6.45) is 1.93. The zero-order valence-electron chi connectivity index (χ0n) is 10.3. The third kappa shape index (κ3) is 2.04. The number of fused-ring (bicyclic) bond motifs is 1. The van der Waals surface area contributed by atoms with Crippen LogP contribution in [0.2, 0.25) is 0 Å². The molecule has 2 heteroatoms. The maximum absolute atomic E-state index is 12.5. The lowest BCUT2D eigenvalue weighted by Crippen LogP contribution is -2.25. The molecule has 1 fully saturated rings. The van der Waals surface area contributed by atoms with Crippen LogP contribution in [0.5, 0.6) is 0 Å². The molecule has 0 bridgehead atoms. The molecule has 0 N–H and O–H groups in total. The Hall–Kier alpha value is -1.67. The van der Waals surface area contributed by atoms with E-state index in [1.165, 1.54) is 0 Å². The highest BCUT2D eigenvalue weighted by Gasteiger charge is 2.23. The van der Waals surface area contributed by atoms with Crippen molar-refractivity contribution in [2.45, 2.75) is 12.8 Å². The van der Waals surface area contributed by atoms with Gasteiger partial charge in [0.2, 0.25) is 0 Å². The predicted molar refractivity (Wildman–Crippen MR) is 71.8 cm³/mol. The molecule has 2 aromatic carbocycles. The van der Waals surface area contributed by atoms with Gasteiger partial charge in [-0.25, -0.2) is 0 Å². The van der Waals surface area contributed by atoms with E-state index in [-0.39, 0.29) is 11.7 Å². The Bertz CT molecular complexity index is 563. The number of hydrogen-bond acceptors (Lipinski definition) is 2. The largest absolute Gasteiger partial charge is 0.381 e. The Kier molecular flexibility index (Phi) is 3.11. The zero-order chi connectivity index (χ0) is 12.4. The van der Waals surface area contributed by atoms with Gasteiger partial charge in [-0.3, -0.25) is 4.79 Å². The molecule has 2 nitrogen and oxygen atoms in total. The van der Waals surface area contributed by atoms with Crippen molar-refractivity contribution in [2.75, 3.05) is 13.2 Å². The van der Waals surface area contributed by atoms with E-state index >= 15 is 0 Å². The van der Waals surface area contributed by atoms with Gasteiger partial charge in [-0.15, -0.1) is 0 Å². The van der Waals surface area contributed by atoms with E-state index in [0.717, 1.165) is 35.8 Å². The van der Waals surface area contributed by atoms with Gasteiger partial charge in [0.05, 0.1) is 6.61 Å². The van der Waals surface area contributed by atoms with Crippen LogP contribution in [-0.4, -0.2) is 19.0 Å². The number of ketones is 1. The Morgan fingerprint density at radius 3 is 2.78 bits per heavy atom. The fraction of sp³-hybridized carbons (Fsp3) is 0.312. The van der Waals surface area contributed by atoms with Gasteiger partial charge >= 0.3 is 0 Å². The van der Waals surface area contributed by atoms with Crippen LogP contribution >= 0.6 is 0 Å². The second-order valence-electron chi connectivity index (χ2n) is 4.81. The maximum Gasteiger partial charge on any atom is 0.168 e. The zero-order valence-corrected chi connectivity index (χ0v) is 10.3. The normalized spacial score (nSPS) is 19.9. The Morgan fingerprint density at radius 2 is 1.94 bits per heavy atom. The summed E-state index contributed by atoms with van der Waals surface area (Å²) in [6.45, 7) is 1.36. The number of rotatable bonds is 2. The van der Waals surface area contributed by atoms with E-state index in [4.69, 9.17) is 4.74 Å². The quantitative estimate of drug-likeness (QED) is 0.751. The average molecular weight is 240 g/mol. The number of Topliss-reactive ketones (excluding diaryl/α,β-unsaturated/α-hetero) is 1. The third-order valence-corrected chi connectivity index (χ3v) is 3.59.